The van der Waals surface area contributed by atoms with Crippen molar-refractivity contribution in [3.05, 3.63) is 0 Å². The van der Waals surface area contributed by atoms with Crippen LogP contribution in [0.4, 0.5) is 0 Å². The van der Waals surface area contributed by atoms with Gasteiger partial charge >= 0.3 is 0 Å². The molecule has 0 unspecified atom stereocenters. The van der Waals surface area contributed by atoms with Gasteiger partial charge in [-0.25, -0.2) is 0 Å². The number of unbranched alkanes of at least 4 members (excludes halogenated alkanes) is 3. The summed E-state index contributed by atoms with van der Waals surface area (Å²) in [6, 6.07) is 0. The molecule has 0 bridgehead atoms. The van der Waals surface area contributed by atoms with Gasteiger partial charge in [-0.2, -0.15) is 0 Å². The van der Waals surface area contributed by atoms with E-state index in [2.05, 4.69) is 13.8 Å². The molecule has 0 aliphatic rings. The predicted molar refractivity (Wildman–Crippen MR) is 29.8 cm³/mol. The van der Waals surface area contributed by atoms with Gasteiger partial charge in [0.1, 0.15) is 0 Å². The van der Waals surface area contributed by atoms with Crippen LogP contribution in [-0.2, 0) is 16.8 Å². The van der Waals surface area contributed by atoms with Gasteiger partial charge in [0.15, 0.2) is 0 Å². The molecule has 0 rings (SSSR count). The summed E-state index contributed by atoms with van der Waals surface area (Å²) in [4.78, 5) is 0. The normalized spacial score (nSPS) is 7.71. The first kappa shape index (κ1) is 10.5. The first-order chi connectivity index (χ1) is 2.91. The average molecular weight is 145 g/mol. The van der Waals surface area contributed by atoms with Crippen molar-refractivity contribution in [1.82, 2.24) is 0 Å². The van der Waals surface area contributed by atoms with Crippen LogP contribution in [0.2, 0.25) is 0 Å². The summed E-state index contributed by atoms with van der Waals surface area (Å²) < 4.78 is 0. The van der Waals surface area contributed by atoms with E-state index in [1.54, 1.807) is 0 Å². The summed E-state index contributed by atoms with van der Waals surface area (Å²) in [5.74, 6) is 0. The summed E-state index contributed by atoms with van der Waals surface area (Å²) in [5.41, 5.74) is 0. The minimum absolute atomic E-state index is 0. The van der Waals surface area contributed by atoms with E-state index in [1.807, 2.05) is 0 Å². The molecule has 0 heterocycles. The molecule has 0 spiro atoms. The van der Waals surface area contributed by atoms with Crippen LogP contribution in [0, 0.1) is 0 Å². The smallest absolute Gasteiger partial charge is 0 e. The molecule has 0 aliphatic heterocycles. The van der Waals surface area contributed by atoms with Gasteiger partial charge in [0.2, 0.25) is 0 Å². The zero-order chi connectivity index (χ0) is 4.83. The van der Waals surface area contributed by atoms with Crippen molar-refractivity contribution in [3.63, 3.8) is 0 Å². The Balaban J connectivity index is 0. The Labute approximate surface area is 56.9 Å². The van der Waals surface area contributed by atoms with Crippen molar-refractivity contribution >= 4 is 0 Å². The maximum Gasteiger partial charge on any atom is 0 e. The van der Waals surface area contributed by atoms with E-state index >= 15 is 0 Å². The van der Waals surface area contributed by atoms with Crippen LogP contribution in [0.5, 0.6) is 0 Å². The summed E-state index contributed by atoms with van der Waals surface area (Å²) >= 11 is 0. The molecule has 0 saturated heterocycles. The minimum Gasteiger partial charge on any atom is -0.0654 e. The summed E-state index contributed by atoms with van der Waals surface area (Å²) in [7, 11) is 0. The third kappa shape index (κ3) is 10.7. The van der Waals surface area contributed by atoms with Crippen LogP contribution in [-0.4, -0.2) is 0 Å². The molecule has 0 amide bonds. The van der Waals surface area contributed by atoms with Crippen molar-refractivity contribution in [3.8, 4) is 0 Å². The molecule has 0 saturated carbocycles. The van der Waals surface area contributed by atoms with Gasteiger partial charge in [-0.15, -0.1) is 0 Å². The van der Waals surface area contributed by atoms with Gasteiger partial charge in [-0.1, -0.05) is 39.5 Å². The van der Waals surface area contributed by atoms with E-state index in [-0.39, 0.29) is 16.8 Å². The quantitative estimate of drug-likeness (QED) is 0.535. The standard InChI is InChI=1S/C6H14.Co/c1-3-5-6-4-2;/h3-6H2,1-2H3;. The molecule has 47 valence electrons. The Bertz CT molecular complexity index is 16.1. The first-order valence-corrected chi connectivity index (χ1v) is 2.91. The summed E-state index contributed by atoms with van der Waals surface area (Å²) in [5, 5.41) is 0. The van der Waals surface area contributed by atoms with E-state index in [4.69, 9.17) is 0 Å². The van der Waals surface area contributed by atoms with Gasteiger partial charge in [-0.3, -0.25) is 0 Å². The fourth-order valence-corrected chi connectivity index (χ4v) is 0.500. The van der Waals surface area contributed by atoms with Gasteiger partial charge in [0.25, 0.3) is 0 Å². The maximum atomic E-state index is 2.23. The van der Waals surface area contributed by atoms with Gasteiger partial charge < -0.3 is 0 Å². The predicted octanol–water partition coefficient (Wildman–Crippen LogP) is 2.58. The van der Waals surface area contributed by atoms with Crippen LogP contribution >= 0.6 is 0 Å². The Hall–Kier alpha value is 0.506. The Morgan fingerprint density at radius 2 is 1.14 bits per heavy atom. The summed E-state index contributed by atoms with van der Waals surface area (Å²) in [6.07, 6.45) is 5.54. The topological polar surface area (TPSA) is 0 Å². The molecule has 0 aromatic rings. The summed E-state index contributed by atoms with van der Waals surface area (Å²) in [6.45, 7) is 4.46. The fourth-order valence-electron chi connectivity index (χ4n) is 0.500. The Morgan fingerprint density at radius 1 is 0.857 bits per heavy atom. The number of hydrogen-bond acceptors (Lipinski definition) is 0. The van der Waals surface area contributed by atoms with Gasteiger partial charge in [-0.05, 0) is 0 Å². The van der Waals surface area contributed by atoms with E-state index in [0.29, 0.717) is 0 Å². The van der Waals surface area contributed by atoms with E-state index in [0.717, 1.165) is 0 Å². The minimum atomic E-state index is 0. The molecule has 0 N–H and O–H groups in total. The third-order valence-corrected chi connectivity index (χ3v) is 0.957. The molecule has 0 fully saturated rings. The van der Waals surface area contributed by atoms with Crippen molar-refractivity contribution in [2.45, 2.75) is 39.5 Å². The van der Waals surface area contributed by atoms with Crippen LogP contribution < -0.4 is 0 Å². The average Bonchev–Trinajstić information content (AvgIpc) is 1.61. The van der Waals surface area contributed by atoms with Crippen LogP contribution in [0.3, 0.4) is 0 Å². The molecular formula is C6H14Co. The van der Waals surface area contributed by atoms with E-state index in [1.165, 1.54) is 25.7 Å². The zero-order valence-corrected chi connectivity index (χ0v) is 6.20. The first-order valence-electron chi connectivity index (χ1n) is 2.91. The van der Waals surface area contributed by atoms with Crippen LogP contribution in [0.25, 0.3) is 0 Å². The second-order valence-corrected chi connectivity index (χ2v) is 1.71. The molecular weight excluding hydrogens is 131 g/mol. The maximum absolute atomic E-state index is 2.23. The van der Waals surface area contributed by atoms with Crippen molar-refractivity contribution in [2.24, 2.45) is 0 Å². The second-order valence-electron chi connectivity index (χ2n) is 1.71. The van der Waals surface area contributed by atoms with Crippen LogP contribution in [0.1, 0.15) is 39.5 Å². The van der Waals surface area contributed by atoms with E-state index < -0.39 is 0 Å². The molecule has 1 radical (unpaired) electrons. The van der Waals surface area contributed by atoms with Gasteiger partial charge in [0, 0.05) is 16.8 Å². The molecule has 7 heavy (non-hydrogen) atoms. The number of hydrogen-bond donors (Lipinski definition) is 0. The molecule has 1 heteroatoms. The van der Waals surface area contributed by atoms with Gasteiger partial charge in [0.05, 0.1) is 0 Å². The molecule has 0 atom stereocenters. The Kier molecular flexibility index (Phi) is 14.5. The third-order valence-electron chi connectivity index (χ3n) is 0.957. The molecule has 0 aromatic heterocycles. The van der Waals surface area contributed by atoms with Crippen molar-refractivity contribution in [1.29, 1.82) is 0 Å². The molecule has 0 aromatic carbocycles. The monoisotopic (exact) mass is 145 g/mol. The van der Waals surface area contributed by atoms with Crippen LogP contribution in [0.15, 0.2) is 0 Å². The van der Waals surface area contributed by atoms with Crippen molar-refractivity contribution in [2.75, 3.05) is 0 Å². The largest absolute Gasteiger partial charge is 0.0654 e. The Morgan fingerprint density at radius 3 is 1.29 bits per heavy atom. The zero-order valence-electron chi connectivity index (χ0n) is 5.16. The fraction of sp³-hybridized carbons (Fsp3) is 1.00. The molecule has 0 nitrogen and oxygen atoms in total. The van der Waals surface area contributed by atoms with E-state index in [9.17, 15) is 0 Å². The SMILES string of the molecule is CCCCCC.[Co]. The van der Waals surface area contributed by atoms with Crippen molar-refractivity contribution < 1.29 is 16.8 Å². The second kappa shape index (κ2) is 9.71. The molecule has 0 aliphatic carbocycles. The number of rotatable bonds is 3.